The van der Waals surface area contributed by atoms with Gasteiger partial charge in [-0.3, -0.25) is 4.40 Å². The molecule has 23 heavy (non-hydrogen) atoms. The second-order valence-corrected chi connectivity index (χ2v) is 7.47. The van der Waals surface area contributed by atoms with Crippen molar-refractivity contribution < 1.29 is 13.2 Å². The van der Waals surface area contributed by atoms with E-state index in [0.717, 1.165) is 37.2 Å². The van der Waals surface area contributed by atoms with Crippen LogP contribution in [0.3, 0.4) is 0 Å². The number of hydrogen-bond acceptors (Lipinski definition) is 5. The lowest BCUT2D eigenvalue weighted by Crippen LogP contribution is -2.14. The van der Waals surface area contributed by atoms with Crippen LogP contribution in [-0.4, -0.2) is 41.0 Å². The zero-order chi connectivity index (χ0) is 16.0. The summed E-state index contributed by atoms with van der Waals surface area (Å²) < 4.78 is 29.9. The van der Waals surface area contributed by atoms with Crippen LogP contribution in [0.2, 0.25) is 0 Å². The highest BCUT2D eigenvalue weighted by atomic mass is 32.2. The van der Waals surface area contributed by atoms with Gasteiger partial charge in [-0.1, -0.05) is 0 Å². The summed E-state index contributed by atoms with van der Waals surface area (Å²) in [5.74, 6) is 0.113. The third-order valence-corrected chi connectivity index (χ3v) is 4.90. The minimum Gasteiger partial charge on any atom is -0.381 e. The zero-order valence-corrected chi connectivity index (χ0v) is 13.2. The number of rotatable bonds is 3. The van der Waals surface area contributed by atoms with Crippen LogP contribution in [-0.2, 0) is 20.5 Å². The van der Waals surface area contributed by atoms with Gasteiger partial charge in [0.15, 0.2) is 11.3 Å². The molecule has 0 amide bonds. The highest BCUT2D eigenvalue weighted by Crippen LogP contribution is 2.32. The Morgan fingerprint density at radius 3 is 2.91 bits per heavy atom. The van der Waals surface area contributed by atoms with Crippen molar-refractivity contribution in [2.75, 3.05) is 13.2 Å². The fourth-order valence-electron chi connectivity index (χ4n) is 3.20. The minimum absolute atomic E-state index is 0.285. The molecule has 0 atom stereocenters. The van der Waals surface area contributed by atoms with Crippen LogP contribution < -0.4 is 5.14 Å². The first-order valence-electron chi connectivity index (χ1n) is 7.43. The Morgan fingerprint density at radius 2 is 2.17 bits per heavy atom. The number of hydrogen-bond donors (Lipinski definition) is 2. The fourth-order valence-corrected chi connectivity index (χ4v) is 3.76. The highest BCUT2D eigenvalue weighted by Gasteiger charge is 2.22. The van der Waals surface area contributed by atoms with Crippen LogP contribution in [0.5, 0.6) is 0 Å². The van der Waals surface area contributed by atoms with Crippen molar-refractivity contribution in [3.8, 4) is 0 Å². The first kappa shape index (κ1) is 14.6. The van der Waals surface area contributed by atoms with Crippen molar-refractivity contribution in [3.05, 3.63) is 29.8 Å². The molecule has 8 nitrogen and oxygen atoms in total. The molecule has 0 aromatic carbocycles. The maximum atomic E-state index is 11.3. The molecule has 1 aliphatic heterocycles. The first-order valence-corrected chi connectivity index (χ1v) is 9.15. The van der Waals surface area contributed by atoms with Crippen LogP contribution in [0.25, 0.3) is 16.8 Å². The average molecular weight is 335 g/mol. The number of aromatic nitrogens is 4. The Morgan fingerprint density at radius 1 is 1.39 bits per heavy atom. The summed E-state index contributed by atoms with van der Waals surface area (Å²) in [6, 6.07) is 0. The maximum absolute atomic E-state index is 11.3. The summed E-state index contributed by atoms with van der Waals surface area (Å²) in [6.07, 6.45) is 7.25. The average Bonchev–Trinajstić information content (AvgIpc) is 3.08. The van der Waals surface area contributed by atoms with E-state index in [9.17, 15) is 8.42 Å². The molecule has 1 saturated heterocycles. The van der Waals surface area contributed by atoms with Crippen LogP contribution in [0, 0.1) is 0 Å². The smallest absolute Gasteiger partial charge is 0.214 e. The molecule has 122 valence electrons. The van der Waals surface area contributed by atoms with E-state index in [2.05, 4.69) is 15.0 Å². The van der Waals surface area contributed by atoms with Crippen molar-refractivity contribution in [2.45, 2.75) is 24.5 Å². The Labute approximate surface area is 132 Å². The van der Waals surface area contributed by atoms with Crippen LogP contribution >= 0.6 is 0 Å². The number of primary sulfonamides is 1. The van der Waals surface area contributed by atoms with Gasteiger partial charge in [-0.2, -0.15) is 0 Å². The van der Waals surface area contributed by atoms with E-state index in [1.807, 2.05) is 10.6 Å². The van der Waals surface area contributed by atoms with Crippen molar-refractivity contribution in [3.63, 3.8) is 0 Å². The maximum Gasteiger partial charge on any atom is 0.214 e. The highest BCUT2D eigenvalue weighted by molar-refractivity contribution is 7.88. The van der Waals surface area contributed by atoms with Gasteiger partial charge in [-0.15, -0.1) is 0 Å². The number of nitrogens with two attached hydrogens (primary N) is 1. The topological polar surface area (TPSA) is 115 Å². The third kappa shape index (κ3) is 2.71. The summed E-state index contributed by atoms with van der Waals surface area (Å²) in [4.78, 5) is 11.9. The normalized spacial score (nSPS) is 17.3. The number of imidazole rings is 1. The quantitative estimate of drug-likeness (QED) is 0.737. The van der Waals surface area contributed by atoms with E-state index in [-0.39, 0.29) is 5.75 Å². The zero-order valence-electron chi connectivity index (χ0n) is 12.4. The van der Waals surface area contributed by atoms with Gasteiger partial charge in [-0.05, 0) is 24.3 Å². The molecule has 0 radical (unpaired) electrons. The molecule has 1 fully saturated rings. The number of aromatic amines is 1. The summed E-state index contributed by atoms with van der Waals surface area (Å²) in [6.45, 7) is 1.50. The number of H-pyrrole nitrogens is 1. The van der Waals surface area contributed by atoms with Crippen molar-refractivity contribution in [1.82, 2.24) is 19.4 Å². The van der Waals surface area contributed by atoms with Crippen molar-refractivity contribution >= 4 is 26.8 Å². The molecule has 0 unspecified atom stereocenters. The molecule has 4 heterocycles. The molecule has 3 N–H and O–H groups in total. The largest absolute Gasteiger partial charge is 0.381 e. The van der Waals surface area contributed by atoms with Gasteiger partial charge in [0, 0.05) is 25.6 Å². The summed E-state index contributed by atoms with van der Waals surface area (Å²) in [7, 11) is -3.62. The van der Waals surface area contributed by atoms with E-state index in [1.165, 1.54) is 5.56 Å². The molecule has 3 aromatic heterocycles. The molecule has 0 bridgehead atoms. The van der Waals surface area contributed by atoms with Gasteiger partial charge in [0.25, 0.3) is 0 Å². The fraction of sp³-hybridized carbons (Fsp3) is 0.429. The first-order chi connectivity index (χ1) is 11.0. The van der Waals surface area contributed by atoms with E-state index in [0.29, 0.717) is 17.3 Å². The molecular weight excluding hydrogens is 318 g/mol. The Balaban J connectivity index is 1.87. The Kier molecular flexibility index (Phi) is 3.36. The lowest BCUT2D eigenvalue weighted by atomic mass is 9.93. The molecule has 9 heteroatoms. The van der Waals surface area contributed by atoms with Gasteiger partial charge in [0.05, 0.1) is 17.4 Å². The molecular formula is C14H17N5O3S. The molecule has 1 aliphatic rings. The second kappa shape index (κ2) is 5.29. The lowest BCUT2D eigenvalue weighted by molar-refractivity contribution is 0.0855. The van der Waals surface area contributed by atoms with E-state index in [4.69, 9.17) is 9.88 Å². The second-order valence-electron chi connectivity index (χ2n) is 5.85. The predicted octanol–water partition coefficient (Wildman–Crippen LogP) is 0.893. The number of fused-ring (bicyclic) bond motifs is 3. The van der Waals surface area contributed by atoms with Gasteiger partial charge in [0.2, 0.25) is 10.0 Å². The van der Waals surface area contributed by atoms with E-state index in [1.54, 1.807) is 12.4 Å². The lowest BCUT2D eigenvalue weighted by Gasteiger charge is -2.21. The third-order valence-electron chi connectivity index (χ3n) is 4.21. The minimum atomic E-state index is -3.62. The van der Waals surface area contributed by atoms with Crippen LogP contribution in [0.15, 0.2) is 18.6 Å². The van der Waals surface area contributed by atoms with Gasteiger partial charge in [0.1, 0.15) is 5.75 Å². The standard InChI is InChI=1S/C14H17N5O3S/c15-23(20,21)8-10-7-19-12(18-10)6-17-14-13(19)11(5-16-14)9-1-3-22-4-2-9/h5-7,9,16H,1-4,8H2,(H2,15,20,21). The van der Waals surface area contributed by atoms with Crippen LogP contribution in [0.1, 0.15) is 30.0 Å². The van der Waals surface area contributed by atoms with E-state index < -0.39 is 10.0 Å². The molecule has 3 aromatic rings. The molecule has 0 spiro atoms. The van der Waals surface area contributed by atoms with Gasteiger partial charge in [-0.25, -0.2) is 23.5 Å². The summed E-state index contributed by atoms with van der Waals surface area (Å²) >= 11 is 0. The van der Waals surface area contributed by atoms with Crippen molar-refractivity contribution in [2.24, 2.45) is 5.14 Å². The molecule has 0 saturated carbocycles. The van der Waals surface area contributed by atoms with E-state index >= 15 is 0 Å². The number of nitrogens with zero attached hydrogens (tertiary/aromatic N) is 3. The predicted molar refractivity (Wildman–Crippen MR) is 84.4 cm³/mol. The number of ether oxygens (including phenoxy) is 1. The van der Waals surface area contributed by atoms with Crippen molar-refractivity contribution in [1.29, 1.82) is 0 Å². The van der Waals surface area contributed by atoms with Gasteiger partial charge >= 0.3 is 0 Å². The Bertz CT molecular complexity index is 969. The molecule has 4 rings (SSSR count). The molecule has 0 aliphatic carbocycles. The van der Waals surface area contributed by atoms with Gasteiger partial charge < -0.3 is 9.72 Å². The Hall–Kier alpha value is -1.97. The number of sulfonamides is 1. The van der Waals surface area contributed by atoms with Crippen LogP contribution in [0.4, 0.5) is 0 Å². The monoisotopic (exact) mass is 335 g/mol. The SMILES string of the molecule is NS(=O)(=O)Cc1cn2c(cnc3[nH]cc(C4CCOCC4)c32)n1. The summed E-state index contributed by atoms with van der Waals surface area (Å²) in [5, 5.41) is 5.12. The summed E-state index contributed by atoms with van der Waals surface area (Å²) in [5.41, 5.74) is 3.91. The number of nitrogens with one attached hydrogen (secondary N) is 1.